The highest BCUT2D eigenvalue weighted by Gasteiger charge is 2.22. The Morgan fingerprint density at radius 1 is 1.35 bits per heavy atom. The van der Waals surface area contributed by atoms with Crippen LogP contribution >= 0.6 is 0 Å². The number of phenolic OH excluding ortho intramolecular Hbond substituents is 1. The van der Waals surface area contributed by atoms with Crippen LogP contribution in [0.4, 0.5) is 5.69 Å². The minimum absolute atomic E-state index is 0.0121. The van der Waals surface area contributed by atoms with Gasteiger partial charge in [0.05, 0.1) is 0 Å². The van der Waals surface area contributed by atoms with E-state index in [1.807, 2.05) is 0 Å². The number of hydrogen-bond acceptors (Lipinski definition) is 4. The Labute approximate surface area is 116 Å². The number of hydrogen-bond donors (Lipinski definition) is 4. The number of amides is 1. The van der Waals surface area contributed by atoms with Gasteiger partial charge in [0, 0.05) is 17.3 Å². The Morgan fingerprint density at radius 2 is 2.00 bits per heavy atom. The maximum absolute atomic E-state index is 11.7. The third-order valence-corrected chi connectivity index (χ3v) is 2.70. The summed E-state index contributed by atoms with van der Waals surface area (Å²) >= 11 is 0. The van der Waals surface area contributed by atoms with Gasteiger partial charge < -0.3 is 21.3 Å². The molecule has 6 nitrogen and oxygen atoms in total. The van der Waals surface area contributed by atoms with Crippen molar-refractivity contribution in [2.24, 2.45) is 5.92 Å². The molecule has 20 heavy (non-hydrogen) atoms. The number of carbonyl (C=O) groups excluding carboxylic acids is 1. The summed E-state index contributed by atoms with van der Waals surface area (Å²) < 4.78 is 0. The van der Waals surface area contributed by atoms with Gasteiger partial charge in [-0.05, 0) is 30.2 Å². The molecule has 0 aliphatic heterocycles. The molecule has 1 atom stereocenters. The van der Waals surface area contributed by atoms with Crippen LogP contribution < -0.4 is 11.1 Å². The molecule has 0 aliphatic carbocycles. The molecule has 0 heterocycles. The molecule has 0 fully saturated rings. The molecule has 0 radical (unpaired) electrons. The van der Waals surface area contributed by atoms with E-state index in [1.165, 1.54) is 24.3 Å². The number of nitrogens with two attached hydrogens (primary N) is 1. The Kier molecular flexibility index (Phi) is 5.14. The van der Waals surface area contributed by atoms with E-state index >= 15 is 0 Å². The summed E-state index contributed by atoms with van der Waals surface area (Å²) in [5, 5.41) is 20.9. The summed E-state index contributed by atoms with van der Waals surface area (Å²) in [6, 6.07) is 3.50. The van der Waals surface area contributed by atoms with Crippen molar-refractivity contribution in [2.45, 2.75) is 19.9 Å². The largest absolute Gasteiger partial charge is 0.507 e. The van der Waals surface area contributed by atoms with Crippen molar-refractivity contribution < 1.29 is 19.8 Å². The van der Waals surface area contributed by atoms with Gasteiger partial charge >= 0.3 is 5.97 Å². The lowest BCUT2D eigenvalue weighted by atomic mass is 10.0. The van der Waals surface area contributed by atoms with Crippen LogP contribution in [-0.2, 0) is 9.59 Å². The quantitative estimate of drug-likeness (QED) is 0.367. The molecule has 0 aliphatic rings. The number of anilines is 1. The van der Waals surface area contributed by atoms with Crippen LogP contribution in [-0.4, -0.2) is 28.1 Å². The first-order valence-electron chi connectivity index (χ1n) is 6.11. The van der Waals surface area contributed by atoms with Crippen molar-refractivity contribution in [2.75, 3.05) is 5.73 Å². The van der Waals surface area contributed by atoms with Crippen molar-refractivity contribution in [3.63, 3.8) is 0 Å². The number of phenols is 1. The zero-order valence-electron chi connectivity index (χ0n) is 11.3. The number of carbonyl (C=O) groups is 2. The monoisotopic (exact) mass is 278 g/mol. The molecular weight excluding hydrogens is 260 g/mol. The first-order valence-corrected chi connectivity index (χ1v) is 6.11. The van der Waals surface area contributed by atoms with Crippen LogP contribution in [0.1, 0.15) is 19.4 Å². The molecule has 0 saturated heterocycles. The summed E-state index contributed by atoms with van der Waals surface area (Å²) in [7, 11) is 0. The second-order valence-electron chi connectivity index (χ2n) is 4.72. The lowest BCUT2D eigenvalue weighted by Gasteiger charge is -2.16. The van der Waals surface area contributed by atoms with E-state index in [9.17, 15) is 14.7 Å². The summed E-state index contributed by atoms with van der Waals surface area (Å²) in [6.45, 7) is 3.40. The highest BCUT2D eigenvalue weighted by molar-refractivity contribution is 5.94. The molecular formula is C14H18N2O4. The van der Waals surface area contributed by atoms with Gasteiger partial charge in [0.1, 0.15) is 11.8 Å². The second-order valence-corrected chi connectivity index (χ2v) is 4.72. The average Bonchev–Trinajstić information content (AvgIpc) is 2.36. The lowest BCUT2D eigenvalue weighted by Crippen LogP contribution is -2.43. The van der Waals surface area contributed by atoms with Crippen molar-refractivity contribution in [3.8, 4) is 5.75 Å². The molecule has 0 spiro atoms. The third-order valence-electron chi connectivity index (χ3n) is 2.70. The van der Waals surface area contributed by atoms with Gasteiger partial charge in [-0.15, -0.1) is 0 Å². The van der Waals surface area contributed by atoms with Crippen molar-refractivity contribution >= 4 is 23.6 Å². The fourth-order valence-electron chi connectivity index (χ4n) is 1.59. The molecule has 108 valence electrons. The van der Waals surface area contributed by atoms with Crippen LogP contribution in [0.2, 0.25) is 0 Å². The first kappa shape index (κ1) is 15.6. The normalized spacial score (nSPS) is 12.6. The van der Waals surface area contributed by atoms with Crippen LogP contribution in [0.3, 0.4) is 0 Å². The molecule has 0 bridgehead atoms. The van der Waals surface area contributed by atoms with E-state index in [2.05, 4.69) is 5.32 Å². The SMILES string of the molecule is CC(C)C(NC(=O)C=Cc1cc(N)ccc1O)C(=O)O. The topological polar surface area (TPSA) is 113 Å². The van der Waals surface area contributed by atoms with Gasteiger partial charge in [-0.25, -0.2) is 4.79 Å². The second kappa shape index (κ2) is 6.60. The van der Waals surface area contributed by atoms with E-state index in [0.717, 1.165) is 6.08 Å². The predicted octanol–water partition coefficient (Wildman–Crippen LogP) is 1.21. The molecule has 1 rings (SSSR count). The van der Waals surface area contributed by atoms with Crippen LogP contribution in [0.15, 0.2) is 24.3 Å². The summed E-state index contributed by atoms with van der Waals surface area (Å²) in [4.78, 5) is 22.6. The van der Waals surface area contributed by atoms with Gasteiger partial charge in [0.25, 0.3) is 0 Å². The molecule has 1 unspecified atom stereocenters. The van der Waals surface area contributed by atoms with Gasteiger partial charge in [-0.2, -0.15) is 0 Å². The van der Waals surface area contributed by atoms with E-state index in [1.54, 1.807) is 13.8 Å². The standard InChI is InChI=1S/C14H18N2O4/c1-8(2)13(14(19)20)16-12(18)6-3-9-7-10(15)4-5-11(9)17/h3-8,13,17H,15H2,1-2H3,(H,16,18)(H,19,20). The van der Waals surface area contributed by atoms with Crippen LogP contribution in [0, 0.1) is 5.92 Å². The van der Waals surface area contributed by atoms with E-state index in [-0.39, 0.29) is 11.7 Å². The maximum atomic E-state index is 11.7. The van der Waals surface area contributed by atoms with Crippen molar-refractivity contribution in [1.82, 2.24) is 5.32 Å². The lowest BCUT2D eigenvalue weighted by molar-refractivity contribution is -0.142. The number of carboxylic acid groups (broad SMARTS) is 1. The van der Waals surface area contributed by atoms with E-state index in [0.29, 0.717) is 11.3 Å². The molecule has 5 N–H and O–H groups in total. The fourth-order valence-corrected chi connectivity index (χ4v) is 1.59. The van der Waals surface area contributed by atoms with Gasteiger partial charge in [0.15, 0.2) is 0 Å². The number of nitrogens with one attached hydrogen (secondary N) is 1. The molecule has 1 aromatic carbocycles. The van der Waals surface area contributed by atoms with Gasteiger partial charge in [0.2, 0.25) is 5.91 Å². The molecule has 0 aromatic heterocycles. The minimum Gasteiger partial charge on any atom is -0.507 e. The van der Waals surface area contributed by atoms with Crippen LogP contribution in [0.5, 0.6) is 5.75 Å². The maximum Gasteiger partial charge on any atom is 0.326 e. The molecule has 1 aromatic rings. The number of rotatable bonds is 5. The summed E-state index contributed by atoms with van der Waals surface area (Å²) in [6.07, 6.45) is 2.53. The number of aromatic hydroxyl groups is 1. The third kappa shape index (κ3) is 4.31. The molecule has 6 heteroatoms. The molecule has 1 amide bonds. The number of carboxylic acids is 1. The number of nitrogen functional groups attached to an aromatic ring is 1. The van der Waals surface area contributed by atoms with Crippen LogP contribution in [0.25, 0.3) is 6.08 Å². The smallest absolute Gasteiger partial charge is 0.326 e. The summed E-state index contributed by atoms with van der Waals surface area (Å²) in [5.41, 5.74) is 6.41. The highest BCUT2D eigenvalue weighted by Crippen LogP contribution is 2.20. The predicted molar refractivity (Wildman–Crippen MR) is 76.0 cm³/mol. The molecule has 0 saturated carbocycles. The zero-order valence-corrected chi connectivity index (χ0v) is 11.3. The van der Waals surface area contributed by atoms with Crippen molar-refractivity contribution in [1.29, 1.82) is 0 Å². The van der Waals surface area contributed by atoms with Gasteiger partial charge in [-0.1, -0.05) is 13.8 Å². The first-order chi connectivity index (χ1) is 9.31. The van der Waals surface area contributed by atoms with E-state index < -0.39 is 17.9 Å². The number of aliphatic carboxylic acids is 1. The van der Waals surface area contributed by atoms with Gasteiger partial charge in [-0.3, -0.25) is 4.79 Å². The Bertz CT molecular complexity index is 538. The summed E-state index contributed by atoms with van der Waals surface area (Å²) in [5.74, 6) is -1.88. The zero-order chi connectivity index (χ0) is 15.3. The fraction of sp³-hybridized carbons (Fsp3) is 0.286. The highest BCUT2D eigenvalue weighted by atomic mass is 16.4. The Hall–Kier alpha value is -2.50. The number of benzene rings is 1. The Balaban J connectivity index is 2.77. The van der Waals surface area contributed by atoms with Crippen molar-refractivity contribution in [3.05, 3.63) is 29.8 Å². The Morgan fingerprint density at radius 3 is 2.55 bits per heavy atom. The minimum atomic E-state index is -1.09. The average molecular weight is 278 g/mol. The van der Waals surface area contributed by atoms with E-state index in [4.69, 9.17) is 10.8 Å².